The molecule has 1 amide bonds. The van der Waals surface area contributed by atoms with E-state index in [0.29, 0.717) is 56.5 Å². The Morgan fingerprint density at radius 1 is 0.973 bits per heavy atom. The molecule has 0 atom stereocenters. The van der Waals surface area contributed by atoms with Gasteiger partial charge in [0.25, 0.3) is 5.91 Å². The number of hydrogen-bond donors (Lipinski definition) is 2. The van der Waals surface area contributed by atoms with Gasteiger partial charge < -0.3 is 29.4 Å². The molecule has 37 heavy (non-hydrogen) atoms. The number of pyridine rings is 1. The number of carbonyl (C=O) groups is 1. The van der Waals surface area contributed by atoms with E-state index in [4.69, 9.17) is 14.2 Å². The number of ether oxygens (including phenoxy) is 3. The lowest BCUT2D eigenvalue weighted by molar-refractivity contribution is 0.0950. The summed E-state index contributed by atoms with van der Waals surface area (Å²) >= 11 is 0. The topological polar surface area (TPSA) is 112 Å². The highest BCUT2D eigenvalue weighted by Crippen LogP contribution is 2.33. The van der Waals surface area contributed by atoms with Crippen molar-refractivity contribution in [1.29, 1.82) is 0 Å². The molecule has 0 spiro atoms. The van der Waals surface area contributed by atoms with Crippen LogP contribution in [0.3, 0.4) is 0 Å². The van der Waals surface area contributed by atoms with Crippen LogP contribution in [0.25, 0.3) is 11.4 Å². The smallest absolute Gasteiger partial charge is 0.251 e. The maximum absolute atomic E-state index is 12.9. The fraction of sp³-hybridized carbons (Fsp3) is 0.259. The van der Waals surface area contributed by atoms with Gasteiger partial charge in [-0.1, -0.05) is 6.07 Å². The van der Waals surface area contributed by atoms with Crippen molar-refractivity contribution in [3.63, 3.8) is 0 Å². The molecule has 4 heterocycles. The lowest BCUT2D eigenvalue weighted by atomic mass is 10.1. The molecule has 10 nitrogen and oxygen atoms in total. The van der Waals surface area contributed by atoms with Gasteiger partial charge in [0.1, 0.15) is 25.6 Å². The molecule has 0 aliphatic carbocycles. The van der Waals surface area contributed by atoms with Crippen LogP contribution < -0.4 is 24.8 Å². The van der Waals surface area contributed by atoms with Gasteiger partial charge in [-0.2, -0.15) is 0 Å². The van der Waals surface area contributed by atoms with Crippen molar-refractivity contribution in [2.24, 2.45) is 0 Å². The second-order valence-corrected chi connectivity index (χ2v) is 8.85. The van der Waals surface area contributed by atoms with Crippen molar-refractivity contribution in [3.05, 3.63) is 77.4 Å². The minimum absolute atomic E-state index is 0.156. The Kier molecular flexibility index (Phi) is 6.05. The minimum atomic E-state index is -0.156. The van der Waals surface area contributed by atoms with Crippen molar-refractivity contribution < 1.29 is 19.0 Å². The van der Waals surface area contributed by atoms with Crippen LogP contribution in [0, 0.1) is 6.92 Å². The van der Waals surface area contributed by atoms with Gasteiger partial charge in [0.2, 0.25) is 0 Å². The van der Waals surface area contributed by atoms with Gasteiger partial charge in [0.05, 0.1) is 24.8 Å². The fourth-order valence-corrected chi connectivity index (χ4v) is 4.48. The second kappa shape index (κ2) is 9.81. The summed E-state index contributed by atoms with van der Waals surface area (Å²) in [6.45, 7) is 5.06. The highest BCUT2D eigenvalue weighted by molar-refractivity contribution is 5.95. The maximum atomic E-state index is 12.9. The third-order valence-corrected chi connectivity index (χ3v) is 6.44. The van der Waals surface area contributed by atoms with Crippen molar-refractivity contribution in [2.45, 2.75) is 26.6 Å². The predicted octanol–water partition coefficient (Wildman–Crippen LogP) is 3.35. The van der Waals surface area contributed by atoms with E-state index >= 15 is 0 Å². The Bertz CT molecular complexity index is 1470. The van der Waals surface area contributed by atoms with Crippen LogP contribution in [-0.4, -0.2) is 45.5 Å². The Morgan fingerprint density at radius 2 is 1.81 bits per heavy atom. The molecule has 2 aliphatic heterocycles. The molecule has 0 bridgehead atoms. The van der Waals surface area contributed by atoms with E-state index in [2.05, 4.69) is 25.8 Å². The van der Waals surface area contributed by atoms with Crippen LogP contribution in [0.4, 0.5) is 5.69 Å². The number of anilines is 1. The van der Waals surface area contributed by atoms with Crippen LogP contribution in [0.5, 0.6) is 17.2 Å². The van der Waals surface area contributed by atoms with Crippen LogP contribution in [0.1, 0.15) is 27.3 Å². The molecule has 2 N–H and O–H groups in total. The number of hydrogen-bond acceptors (Lipinski definition) is 8. The Morgan fingerprint density at radius 3 is 2.70 bits per heavy atom. The molecule has 0 saturated heterocycles. The van der Waals surface area contributed by atoms with Crippen LogP contribution >= 0.6 is 0 Å². The number of aromatic nitrogens is 4. The van der Waals surface area contributed by atoms with Crippen molar-refractivity contribution in [1.82, 2.24) is 25.1 Å². The van der Waals surface area contributed by atoms with E-state index in [1.807, 2.05) is 47.9 Å². The van der Waals surface area contributed by atoms with Gasteiger partial charge in [-0.3, -0.25) is 9.78 Å². The number of carbonyl (C=O) groups excluding carboxylic acids is 1. The summed E-state index contributed by atoms with van der Waals surface area (Å²) in [6.07, 6.45) is 3.42. The first-order valence-corrected chi connectivity index (χ1v) is 12.2. The minimum Gasteiger partial charge on any atom is -0.489 e. The maximum Gasteiger partial charge on any atom is 0.251 e. The van der Waals surface area contributed by atoms with Gasteiger partial charge in [0, 0.05) is 24.0 Å². The summed E-state index contributed by atoms with van der Waals surface area (Å²) < 4.78 is 19.2. The molecule has 4 aromatic rings. The number of aryl methyl sites for hydroxylation is 1. The standard InChI is InChI=1S/C27H26N6O4/c1-17-11-22-23(37-10-9-36-22)13-19(17)14-30-27(34)18-3-2-4-20(12-18)29-16-25-31-32-26-21-5-6-28-15-24(21)35-8-7-33(25)26/h2-6,11-13,15,29H,7-10,14,16H2,1H3,(H,30,34). The summed E-state index contributed by atoms with van der Waals surface area (Å²) in [7, 11) is 0. The Labute approximate surface area is 213 Å². The number of rotatable bonds is 6. The first-order chi connectivity index (χ1) is 18.2. The number of fused-ring (bicyclic) bond motifs is 4. The molecule has 188 valence electrons. The average molecular weight is 499 g/mol. The normalized spacial score (nSPS) is 13.5. The van der Waals surface area contributed by atoms with E-state index in [9.17, 15) is 4.79 Å². The lowest BCUT2D eigenvalue weighted by Crippen LogP contribution is -2.23. The van der Waals surface area contributed by atoms with Gasteiger partial charge >= 0.3 is 0 Å². The van der Waals surface area contributed by atoms with Gasteiger partial charge in [-0.15, -0.1) is 10.2 Å². The summed E-state index contributed by atoms with van der Waals surface area (Å²) in [5, 5.41) is 15.2. The zero-order valence-electron chi connectivity index (χ0n) is 20.4. The molecular formula is C27H26N6O4. The van der Waals surface area contributed by atoms with Gasteiger partial charge in [-0.25, -0.2) is 0 Å². The third-order valence-electron chi connectivity index (χ3n) is 6.44. The van der Waals surface area contributed by atoms with E-state index in [0.717, 1.165) is 39.8 Å². The Hall–Kier alpha value is -4.60. The zero-order valence-corrected chi connectivity index (χ0v) is 20.4. The first-order valence-electron chi connectivity index (χ1n) is 12.2. The highest BCUT2D eigenvalue weighted by atomic mass is 16.6. The second-order valence-electron chi connectivity index (χ2n) is 8.85. The summed E-state index contributed by atoms with van der Waals surface area (Å²) in [6, 6.07) is 13.2. The summed E-state index contributed by atoms with van der Waals surface area (Å²) in [5.41, 5.74) is 4.28. The zero-order chi connectivity index (χ0) is 25.2. The molecule has 6 rings (SSSR count). The number of benzene rings is 2. The molecule has 0 unspecified atom stereocenters. The molecule has 2 aromatic carbocycles. The lowest BCUT2D eigenvalue weighted by Gasteiger charge is -2.20. The van der Waals surface area contributed by atoms with Crippen LogP contribution in [0.2, 0.25) is 0 Å². The summed E-state index contributed by atoms with van der Waals surface area (Å²) in [4.78, 5) is 17.0. The SMILES string of the molecule is Cc1cc2c(cc1CNC(=O)c1cccc(NCc3nnc4n3CCOc3cnccc3-4)c1)OCCO2. The third kappa shape index (κ3) is 4.65. The van der Waals surface area contributed by atoms with Crippen molar-refractivity contribution >= 4 is 11.6 Å². The van der Waals surface area contributed by atoms with E-state index in [-0.39, 0.29) is 5.91 Å². The molecule has 0 radical (unpaired) electrons. The van der Waals surface area contributed by atoms with E-state index in [1.54, 1.807) is 18.5 Å². The number of nitrogens with one attached hydrogen (secondary N) is 2. The molecule has 10 heteroatoms. The largest absolute Gasteiger partial charge is 0.489 e. The molecular weight excluding hydrogens is 472 g/mol. The Balaban J connectivity index is 1.12. The molecule has 0 fully saturated rings. The number of nitrogens with zero attached hydrogens (tertiary/aromatic N) is 4. The van der Waals surface area contributed by atoms with Gasteiger partial charge in [-0.05, 0) is 54.4 Å². The quantitative estimate of drug-likeness (QED) is 0.416. The van der Waals surface area contributed by atoms with Crippen LogP contribution in [0.15, 0.2) is 54.9 Å². The van der Waals surface area contributed by atoms with Crippen LogP contribution in [-0.2, 0) is 19.6 Å². The van der Waals surface area contributed by atoms with Crippen molar-refractivity contribution in [3.8, 4) is 28.6 Å². The molecule has 2 aliphatic rings. The average Bonchev–Trinajstić information content (AvgIpc) is 3.23. The summed E-state index contributed by atoms with van der Waals surface area (Å²) in [5.74, 6) is 3.55. The first kappa shape index (κ1) is 22.8. The predicted molar refractivity (Wildman–Crippen MR) is 136 cm³/mol. The van der Waals surface area contributed by atoms with Gasteiger partial charge in [0.15, 0.2) is 23.1 Å². The fourth-order valence-electron chi connectivity index (χ4n) is 4.48. The van der Waals surface area contributed by atoms with Crippen molar-refractivity contribution in [2.75, 3.05) is 25.1 Å². The number of amides is 1. The van der Waals surface area contributed by atoms with E-state index < -0.39 is 0 Å². The molecule has 0 saturated carbocycles. The monoisotopic (exact) mass is 498 g/mol. The highest BCUT2D eigenvalue weighted by Gasteiger charge is 2.21. The van der Waals surface area contributed by atoms with E-state index in [1.165, 1.54) is 0 Å². The molecule has 2 aromatic heterocycles.